The standard InChI is InChI=1S/C13H21NO/c1-10-7-8-15-13(10)11(2)14-9-12-5-3-4-6-12/h7-8,11-12,14H,3-6,9H2,1-2H3. The molecule has 2 heteroatoms. The highest BCUT2D eigenvalue weighted by Gasteiger charge is 2.17. The minimum atomic E-state index is 0.348. The highest BCUT2D eigenvalue weighted by molar-refractivity contribution is 5.17. The Morgan fingerprint density at radius 1 is 1.47 bits per heavy atom. The van der Waals surface area contributed by atoms with Gasteiger partial charge in [-0.25, -0.2) is 0 Å². The molecule has 1 heterocycles. The minimum absolute atomic E-state index is 0.348. The van der Waals surface area contributed by atoms with Crippen LogP contribution in [0.1, 0.15) is 50.0 Å². The van der Waals surface area contributed by atoms with Crippen molar-refractivity contribution in [3.63, 3.8) is 0 Å². The molecule has 1 N–H and O–H groups in total. The normalized spacial score (nSPS) is 19.6. The van der Waals surface area contributed by atoms with E-state index in [1.54, 1.807) is 6.26 Å². The fraction of sp³-hybridized carbons (Fsp3) is 0.692. The summed E-state index contributed by atoms with van der Waals surface area (Å²) in [7, 11) is 0. The molecule has 84 valence electrons. The quantitative estimate of drug-likeness (QED) is 0.818. The van der Waals surface area contributed by atoms with Gasteiger partial charge in [0.25, 0.3) is 0 Å². The summed E-state index contributed by atoms with van der Waals surface area (Å²) in [5, 5.41) is 3.57. The van der Waals surface area contributed by atoms with E-state index >= 15 is 0 Å². The lowest BCUT2D eigenvalue weighted by molar-refractivity contribution is 0.394. The van der Waals surface area contributed by atoms with Gasteiger partial charge in [0.15, 0.2) is 0 Å². The number of hydrogen-bond donors (Lipinski definition) is 1. The monoisotopic (exact) mass is 207 g/mol. The Morgan fingerprint density at radius 2 is 2.20 bits per heavy atom. The van der Waals surface area contributed by atoms with Crippen molar-refractivity contribution in [3.8, 4) is 0 Å². The molecule has 1 atom stereocenters. The molecule has 2 rings (SSSR count). The molecule has 0 aliphatic heterocycles. The predicted octanol–water partition coefficient (Wildman–Crippen LogP) is 3.43. The molecule has 15 heavy (non-hydrogen) atoms. The number of nitrogens with one attached hydrogen (secondary N) is 1. The van der Waals surface area contributed by atoms with Gasteiger partial charge in [-0.05, 0) is 50.8 Å². The van der Waals surface area contributed by atoms with Crippen LogP contribution in [0.25, 0.3) is 0 Å². The highest BCUT2D eigenvalue weighted by Crippen LogP contribution is 2.25. The summed E-state index contributed by atoms with van der Waals surface area (Å²) in [6, 6.07) is 2.38. The highest BCUT2D eigenvalue weighted by atomic mass is 16.3. The smallest absolute Gasteiger partial charge is 0.123 e. The van der Waals surface area contributed by atoms with Gasteiger partial charge in [-0.15, -0.1) is 0 Å². The van der Waals surface area contributed by atoms with Crippen LogP contribution < -0.4 is 5.32 Å². The minimum Gasteiger partial charge on any atom is -0.467 e. The van der Waals surface area contributed by atoms with Crippen molar-refractivity contribution < 1.29 is 4.42 Å². The van der Waals surface area contributed by atoms with E-state index in [4.69, 9.17) is 4.42 Å². The van der Waals surface area contributed by atoms with Crippen LogP contribution in [0.2, 0.25) is 0 Å². The lowest BCUT2D eigenvalue weighted by Gasteiger charge is -2.15. The molecule has 1 saturated carbocycles. The van der Waals surface area contributed by atoms with Gasteiger partial charge in [0.05, 0.1) is 12.3 Å². The molecule has 0 saturated heterocycles. The van der Waals surface area contributed by atoms with Crippen LogP contribution in [-0.4, -0.2) is 6.54 Å². The fourth-order valence-corrected chi connectivity index (χ4v) is 2.48. The van der Waals surface area contributed by atoms with E-state index in [0.717, 1.165) is 18.2 Å². The molecule has 0 amide bonds. The lowest BCUT2D eigenvalue weighted by Crippen LogP contribution is -2.24. The molecule has 0 radical (unpaired) electrons. The van der Waals surface area contributed by atoms with Crippen LogP contribution >= 0.6 is 0 Å². The van der Waals surface area contributed by atoms with Crippen molar-refractivity contribution >= 4 is 0 Å². The average molecular weight is 207 g/mol. The zero-order chi connectivity index (χ0) is 10.7. The number of aryl methyl sites for hydroxylation is 1. The first-order chi connectivity index (χ1) is 7.27. The number of rotatable bonds is 4. The first-order valence-electron chi connectivity index (χ1n) is 6.04. The summed E-state index contributed by atoms with van der Waals surface area (Å²) in [4.78, 5) is 0. The number of furan rings is 1. The van der Waals surface area contributed by atoms with E-state index in [9.17, 15) is 0 Å². The van der Waals surface area contributed by atoms with Crippen molar-refractivity contribution in [3.05, 3.63) is 23.7 Å². The third-order valence-corrected chi connectivity index (χ3v) is 3.48. The Bertz CT molecular complexity index is 299. The van der Waals surface area contributed by atoms with E-state index < -0.39 is 0 Å². The van der Waals surface area contributed by atoms with Gasteiger partial charge in [-0.1, -0.05) is 12.8 Å². The van der Waals surface area contributed by atoms with E-state index in [1.807, 2.05) is 6.07 Å². The van der Waals surface area contributed by atoms with Crippen LogP contribution in [0.4, 0.5) is 0 Å². The molecule has 0 aromatic carbocycles. The van der Waals surface area contributed by atoms with Crippen molar-refractivity contribution in [2.75, 3.05) is 6.54 Å². The zero-order valence-electron chi connectivity index (χ0n) is 9.75. The summed E-state index contributed by atoms with van der Waals surface area (Å²) in [6.45, 7) is 5.43. The average Bonchev–Trinajstić information content (AvgIpc) is 2.84. The van der Waals surface area contributed by atoms with Crippen molar-refractivity contribution in [2.24, 2.45) is 5.92 Å². The second-order valence-electron chi connectivity index (χ2n) is 4.75. The summed E-state index contributed by atoms with van der Waals surface area (Å²) in [5.74, 6) is 1.98. The van der Waals surface area contributed by atoms with Gasteiger partial charge in [0, 0.05) is 0 Å². The summed E-state index contributed by atoms with van der Waals surface area (Å²) >= 11 is 0. The van der Waals surface area contributed by atoms with Gasteiger partial charge >= 0.3 is 0 Å². The first-order valence-corrected chi connectivity index (χ1v) is 6.04. The van der Waals surface area contributed by atoms with Gasteiger partial charge in [0.1, 0.15) is 5.76 Å². The van der Waals surface area contributed by atoms with Crippen LogP contribution in [0.15, 0.2) is 16.7 Å². The molecule has 1 aromatic rings. The van der Waals surface area contributed by atoms with Crippen molar-refractivity contribution in [2.45, 2.75) is 45.6 Å². The van der Waals surface area contributed by atoms with Gasteiger partial charge in [-0.3, -0.25) is 0 Å². The zero-order valence-corrected chi connectivity index (χ0v) is 9.75. The largest absolute Gasteiger partial charge is 0.467 e. The SMILES string of the molecule is Cc1ccoc1C(C)NCC1CCCC1. The molecular formula is C13H21NO. The summed E-state index contributed by atoms with van der Waals surface area (Å²) in [5.41, 5.74) is 1.25. The van der Waals surface area contributed by atoms with E-state index in [-0.39, 0.29) is 0 Å². The molecule has 2 nitrogen and oxygen atoms in total. The van der Waals surface area contributed by atoms with Crippen molar-refractivity contribution in [1.29, 1.82) is 0 Å². The lowest BCUT2D eigenvalue weighted by atomic mass is 10.1. The number of hydrogen-bond acceptors (Lipinski definition) is 2. The Morgan fingerprint density at radius 3 is 2.80 bits per heavy atom. The first kappa shape index (κ1) is 10.7. The Hall–Kier alpha value is -0.760. The molecule has 1 aliphatic rings. The second kappa shape index (κ2) is 4.84. The van der Waals surface area contributed by atoms with Crippen LogP contribution in [-0.2, 0) is 0 Å². The Balaban J connectivity index is 1.81. The Labute approximate surface area is 92.1 Å². The maximum absolute atomic E-state index is 5.48. The summed E-state index contributed by atoms with van der Waals surface area (Å²) in [6.07, 6.45) is 7.41. The van der Waals surface area contributed by atoms with Crippen LogP contribution in [0.3, 0.4) is 0 Å². The second-order valence-corrected chi connectivity index (χ2v) is 4.75. The molecule has 0 bridgehead atoms. The topological polar surface area (TPSA) is 25.2 Å². The molecule has 0 spiro atoms. The predicted molar refractivity (Wildman–Crippen MR) is 61.8 cm³/mol. The molecular weight excluding hydrogens is 186 g/mol. The summed E-state index contributed by atoms with van der Waals surface area (Å²) < 4.78 is 5.48. The van der Waals surface area contributed by atoms with E-state index in [2.05, 4.69) is 19.2 Å². The Kier molecular flexibility index (Phi) is 3.47. The molecule has 1 fully saturated rings. The molecule has 1 aliphatic carbocycles. The van der Waals surface area contributed by atoms with Gasteiger partial charge < -0.3 is 9.73 Å². The fourth-order valence-electron chi connectivity index (χ4n) is 2.48. The maximum Gasteiger partial charge on any atom is 0.123 e. The molecule has 1 aromatic heterocycles. The van der Waals surface area contributed by atoms with Gasteiger partial charge in [-0.2, -0.15) is 0 Å². The van der Waals surface area contributed by atoms with E-state index in [0.29, 0.717) is 6.04 Å². The van der Waals surface area contributed by atoms with Crippen molar-refractivity contribution in [1.82, 2.24) is 5.32 Å². The maximum atomic E-state index is 5.48. The van der Waals surface area contributed by atoms with E-state index in [1.165, 1.54) is 31.2 Å². The third kappa shape index (κ3) is 2.63. The molecule has 1 unspecified atom stereocenters. The van der Waals surface area contributed by atoms with Crippen LogP contribution in [0, 0.1) is 12.8 Å². The van der Waals surface area contributed by atoms with Crippen LogP contribution in [0.5, 0.6) is 0 Å². The third-order valence-electron chi connectivity index (χ3n) is 3.48. The van der Waals surface area contributed by atoms with Gasteiger partial charge in [0.2, 0.25) is 0 Å².